The van der Waals surface area contributed by atoms with E-state index in [1.54, 1.807) is 13.3 Å². The van der Waals surface area contributed by atoms with E-state index in [-0.39, 0.29) is 0 Å². The summed E-state index contributed by atoms with van der Waals surface area (Å²) in [6.07, 6.45) is 7.70. The average Bonchev–Trinajstić information content (AvgIpc) is 3.17. The lowest BCUT2D eigenvalue weighted by Crippen LogP contribution is -2.26. The second-order valence-corrected chi connectivity index (χ2v) is 5.37. The second kappa shape index (κ2) is 6.20. The lowest BCUT2D eigenvalue weighted by molar-refractivity contribution is 0.107. The van der Waals surface area contributed by atoms with E-state index in [9.17, 15) is 0 Å². The molecule has 2 aromatic rings. The quantitative estimate of drug-likeness (QED) is 0.908. The van der Waals surface area contributed by atoms with Crippen LogP contribution in [0.1, 0.15) is 24.8 Å². The number of benzene rings is 1. The Morgan fingerprint density at radius 2 is 2.15 bits per heavy atom. The highest BCUT2D eigenvalue weighted by molar-refractivity contribution is 5.33. The average molecular weight is 271 g/mol. The predicted molar refractivity (Wildman–Crippen MR) is 78.8 cm³/mol. The predicted octanol–water partition coefficient (Wildman–Crippen LogP) is 2.53. The molecular weight excluding hydrogens is 250 g/mol. The Hall–Kier alpha value is -1.65. The van der Waals surface area contributed by atoms with E-state index < -0.39 is 0 Å². The monoisotopic (exact) mass is 271 g/mol. The minimum atomic E-state index is 0.440. The summed E-state index contributed by atoms with van der Waals surface area (Å²) in [6, 6.07) is 11.1. The Balaban J connectivity index is 1.54. The van der Waals surface area contributed by atoms with E-state index >= 15 is 0 Å². The number of hydrogen-bond acceptors (Lipinski definition) is 3. The summed E-state index contributed by atoms with van der Waals surface area (Å²) < 4.78 is 7.27. The highest BCUT2D eigenvalue weighted by Gasteiger charge is 2.23. The first kappa shape index (κ1) is 13.3. The van der Waals surface area contributed by atoms with Crippen molar-refractivity contribution in [3.8, 4) is 5.69 Å². The number of nitrogens with one attached hydrogen (secondary N) is 1. The molecule has 1 N–H and O–H groups in total. The van der Waals surface area contributed by atoms with Crippen LogP contribution in [0.5, 0.6) is 0 Å². The summed E-state index contributed by atoms with van der Waals surface area (Å²) in [4.78, 5) is 0. The summed E-state index contributed by atoms with van der Waals surface area (Å²) in [7, 11) is 1.81. The van der Waals surface area contributed by atoms with E-state index in [4.69, 9.17) is 4.74 Å². The number of hydrogen-bond donors (Lipinski definition) is 1. The molecule has 1 aromatic heterocycles. The van der Waals surface area contributed by atoms with Crippen LogP contribution in [0.25, 0.3) is 5.69 Å². The molecule has 106 valence electrons. The molecule has 20 heavy (non-hydrogen) atoms. The minimum absolute atomic E-state index is 0.440. The Labute approximate surface area is 119 Å². The zero-order valence-corrected chi connectivity index (χ0v) is 11.8. The van der Waals surface area contributed by atoms with Crippen molar-refractivity contribution in [1.82, 2.24) is 15.1 Å². The molecule has 1 heterocycles. The molecule has 4 nitrogen and oxygen atoms in total. The zero-order chi connectivity index (χ0) is 13.8. The Morgan fingerprint density at radius 1 is 1.30 bits per heavy atom. The van der Waals surface area contributed by atoms with Crippen LogP contribution in [0.15, 0.2) is 42.7 Å². The first-order chi connectivity index (χ1) is 9.85. The summed E-state index contributed by atoms with van der Waals surface area (Å²) >= 11 is 0. The van der Waals surface area contributed by atoms with E-state index in [2.05, 4.69) is 34.7 Å². The van der Waals surface area contributed by atoms with Crippen molar-refractivity contribution in [3.05, 3.63) is 48.3 Å². The van der Waals surface area contributed by atoms with E-state index in [1.807, 2.05) is 16.9 Å². The maximum absolute atomic E-state index is 5.40. The number of nitrogens with zero attached hydrogens (tertiary/aromatic N) is 2. The van der Waals surface area contributed by atoms with Crippen molar-refractivity contribution in [2.24, 2.45) is 0 Å². The molecule has 4 heteroatoms. The van der Waals surface area contributed by atoms with Crippen molar-refractivity contribution in [3.63, 3.8) is 0 Å². The van der Waals surface area contributed by atoms with Crippen LogP contribution in [0.4, 0.5) is 0 Å². The molecule has 1 aliphatic carbocycles. The van der Waals surface area contributed by atoms with Crippen LogP contribution >= 0.6 is 0 Å². The number of methoxy groups -OCH3 is 1. The molecule has 0 aliphatic heterocycles. The Bertz CT molecular complexity index is 521. The van der Waals surface area contributed by atoms with Crippen molar-refractivity contribution >= 4 is 0 Å². The third-order valence-corrected chi connectivity index (χ3v) is 4.02. The summed E-state index contributed by atoms with van der Waals surface area (Å²) in [5.41, 5.74) is 2.40. The fraction of sp³-hybridized carbons (Fsp3) is 0.438. The van der Waals surface area contributed by atoms with Crippen LogP contribution in [0, 0.1) is 0 Å². The molecule has 2 unspecified atom stereocenters. The molecule has 0 saturated heterocycles. The first-order valence-electron chi connectivity index (χ1n) is 7.20. The van der Waals surface area contributed by atoms with Gasteiger partial charge in [-0.2, -0.15) is 5.10 Å². The largest absolute Gasteiger partial charge is 0.381 e. The van der Waals surface area contributed by atoms with Gasteiger partial charge in [0.1, 0.15) is 0 Å². The maximum atomic E-state index is 5.40. The third-order valence-electron chi connectivity index (χ3n) is 4.02. The lowest BCUT2D eigenvalue weighted by Gasteiger charge is -2.13. The zero-order valence-electron chi connectivity index (χ0n) is 11.8. The smallest absolute Gasteiger partial charge is 0.0645 e. The minimum Gasteiger partial charge on any atom is -0.381 e. The molecule has 1 saturated carbocycles. The van der Waals surface area contributed by atoms with Crippen molar-refractivity contribution in [2.75, 3.05) is 7.11 Å². The normalized spacial score (nSPS) is 22.2. The molecule has 1 aromatic carbocycles. The molecule has 0 bridgehead atoms. The van der Waals surface area contributed by atoms with Crippen molar-refractivity contribution in [1.29, 1.82) is 0 Å². The Kier molecular flexibility index (Phi) is 4.14. The molecular formula is C16H21N3O. The van der Waals surface area contributed by atoms with Gasteiger partial charge in [-0.15, -0.1) is 0 Å². The lowest BCUT2D eigenvalue weighted by atomic mass is 10.2. The third kappa shape index (κ3) is 3.08. The van der Waals surface area contributed by atoms with E-state index in [0.29, 0.717) is 12.1 Å². The van der Waals surface area contributed by atoms with Crippen LogP contribution in [-0.2, 0) is 11.3 Å². The molecule has 1 aliphatic rings. The first-order valence-corrected chi connectivity index (χ1v) is 7.20. The summed E-state index contributed by atoms with van der Waals surface area (Å²) in [5, 5.41) is 7.84. The van der Waals surface area contributed by atoms with E-state index in [0.717, 1.165) is 18.7 Å². The second-order valence-electron chi connectivity index (χ2n) is 5.37. The van der Waals surface area contributed by atoms with Crippen LogP contribution in [0.3, 0.4) is 0 Å². The fourth-order valence-electron chi connectivity index (χ4n) is 2.79. The van der Waals surface area contributed by atoms with Gasteiger partial charge >= 0.3 is 0 Å². The van der Waals surface area contributed by atoms with Gasteiger partial charge in [-0.25, -0.2) is 4.68 Å². The van der Waals surface area contributed by atoms with Gasteiger partial charge in [-0.3, -0.25) is 0 Å². The molecule has 3 rings (SSSR count). The van der Waals surface area contributed by atoms with Gasteiger partial charge in [0.15, 0.2) is 0 Å². The standard InChI is InChI=1S/C16H21N3O/c1-20-16-8-5-14(11-16)17-12-13-3-6-15(7-4-13)19-10-2-9-18-19/h2-4,6-7,9-10,14,16-17H,5,8,11-12H2,1H3. The van der Waals surface area contributed by atoms with Gasteiger partial charge in [0.2, 0.25) is 0 Å². The molecule has 0 amide bonds. The molecule has 0 radical (unpaired) electrons. The van der Waals surface area contributed by atoms with Gasteiger partial charge in [0, 0.05) is 32.1 Å². The number of ether oxygens (including phenoxy) is 1. The summed E-state index contributed by atoms with van der Waals surface area (Å²) in [6.45, 7) is 0.917. The maximum Gasteiger partial charge on any atom is 0.0645 e. The number of rotatable bonds is 5. The number of aromatic nitrogens is 2. The SMILES string of the molecule is COC1CCC(NCc2ccc(-n3cccn3)cc2)C1. The van der Waals surface area contributed by atoms with Gasteiger partial charge in [-0.1, -0.05) is 12.1 Å². The highest BCUT2D eigenvalue weighted by Crippen LogP contribution is 2.21. The summed E-state index contributed by atoms with van der Waals surface area (Å²) in [5.74, 6) is 0. The fourth-order valence-corrected chi connectivity index (χ4v) is 2.79. The Morgan fingerprint density at radius 3 is 2.80 bits per heavy atom. The highest BCUT2D eigenvalue weighted by atomic mass is 16.5. The van der Waals surface area contributed by atoms with Gasteiger partial charge in [0.05, 0.1) is 11.8 Å². The van der Waals surface area contributed by atoms with Crippen LogP contribution in [-0.4, -0.2) is 29.0 Å². The molecule has 0 spiro atoms. The van der Waals surface area contributed by atoms with Gasteiger partial charge < -0.3 is 10.1 Å². The van der Waals surface area contributed by atoms with Crippen molar-refractivity contribution < 1.29 is 4.74 Å². The van der Waals surface area contributed by atoms with Crippen LogP contribution in [0.2, 0.25) is 0 Å². The van der Waals surface area contributed by atoms with Gasteiger partial charge in [0.25, 0.3) is 0 Å². The molecule has 2 atom stereocenters. The van der Waals surface area contributed by atoms with Crippen LogP contribution < -0.4 is 5.32 Å². The van der Waals surface area contributed by atoms with Crippen molar-refractivity contribution in [2.45, 2.75) is 38.0 Å². The molecule has 1 fully saturated rings. The van der Waals surface area contributed by atoms with E-state index in [1.165, 1.54) is 18.4 Å². The topological polar surface area (TPSA) is 39.1 Å². The van der Waals surface area contributed by atoms with Gasteiger partial charge in [-0.05, 0) is 43.0 Å².